The average Bonchev–Trinajstić information content (AvgIpc) is 3.26. The predicted molar refractivity (Wildman–Crippen MR) is 123 cm³/mol. The SMILES string of the molecule is C=C(CCNC(=O)[C@H]1C[C@@H](O)c2cc(Cl)ccc2O1)n1ccc(-c2ccc(Cl)c(F)c2)c1. The summed E-state index contributed by atoms with van der Waals surface area (Å²) < 4.78 is 21.3. The molecule has 0 fully saturated rings. The van der Waals surface area contributed by atoms with Crippen molar-refractivity contribution in [3.8, 4) is 16.9 Å². The van der Waals surface area contributed by atoms with Crippen LogP contribution in [0, 0.1) is 5.82 Å². The van der Waals surface area contributed by atoms with Crippen LogP contribution in [-0.2, 0) is 4.79 Å². The zero-order valence-electron chi connectivity index (χ0n) is 17.0. The van der Waals surface area contributed by atoms with E-state index in [1.165, 1.54) is 12.1 Å². The zero-order valence-corrected chi connectivity index (χ0v) is 18.5. The van der Waals surface area contributed by atoms with Crippen LogP contribution in [0.25, 0.3) is 16.8 Å². The monoisotopic (exact) mass is 474 g/mol. The predicted octanol–water partition coefficient (Wildman–Crippen LogP) is 5.46. The first-order valence-electron chi connectivity index (χ1n) is 10.1. The Morgan fingerprint density at radius 3 is 2.81 bits per heavy atom. The van der Waals surface area contributed by atoms with Crippen LogP contribution in [0.15, 0.2) is 61.4 Å². The number of aliphatic hydroxyl groups excluding tert-OH is 1. The molecule has 0 spiro atoms. The summed E-state index contributed by atoms with van der Waals surface area (Å²) in [4.78, 5) is 12.5. The van der Waals surface area contributed by atoms with Crippen LogP contribution in [0.2, 0.25) is 10.0 Å². The van der Waals surface area contributed by atoms with E-state index in [0.717, 1.165) is 11.3 Å². The van der Waals surface area contributed by atoms with Gasteiger partial charge in [-0.25, -0.2) is 4.39 Å². The number of ether oxygens (including phenoxy) is 1. The lowest BCUT2D eigenvalue weighted by molar-refractivity contribution is -0.130. The summed E-state index contributed by atoms with van der Waals surface area (Å²) in [5.41, 5.74) is 2.88. The molecule has 2 heterocycles. The lowest BCUT2D eigenvalue weighted by Crippen LogP contribution is -2.41. The minimum atomic E-state index is -0.820. The van der Waals surface area contributed by atoms with E-state index in [0.29, 0.717) is 34.9 Å². The molecular weight excluding hydrogens is 454 g/mol. The van der Waals surface area contributed by atoms with Crippen molar-refractivity contribution in [3.05, 3.63) is 82.9 Å². The number of nitrogens with zero attached hydrogens (tertiary/aromatic N) is 1. The van der Waals surface area contributed by atoms with Gasteiger partial charge in [0.25, 0.3) is 5.91 Å². The second kappa shape index (κ2) is 9.36. The molecule has 3 aromatic rings. The van der Waals surface area contributed by atoms with E-state index in [1.54, 1.807) is 24.3 Å². The van der Waals surface area contributed by atoms with Gasteiger partial charge in [-0.1, -0.05) is 35.8 Å². The molecule has 0 unspecified atom stereocenters. The van der Waals surface area contributed by atoms with Gasteiger partial charge < -0.3 is 19.7 Å². The molecule has 166 valence electrons. The van der Waals surface area contributed by atoms with E-state index in [4.69, 9.17) is 27.9 Å². The van der Waals surface area contributed by atoms with Gasteiger partial charge in [0.1, 0.15) is 11.6 Å². The van der Waals surface area contributed by atoms with E-state index >= 15 is 0 Å². The molecule has 0 radical (unpaired) electrons. The number of halogens is 3. The normalized spacial score (nSPS) is 17.4. The van der Waals surface area contributed by atoms with Gasteiger partial charge in [-0.05, 0) is 47.5 Å². The van der Waals surface area contributed by atoms with Crippen LogP contribution >= 0.6 is 23.2 Å². The third kappa shape index (κ3) is 4.83. The number of aromatic nitrogens is 1. The molecule has 2 N–H and O–H groups in total. The van der Waals surface area contributed by atoms with E-state index in [9.17, 15) is 14.3 Å². The van der Waals surface area contributed by atoms with Crippen LogP contribution in [0.3, 0.4) is 0 Å². The first-order valence-corrected chi connectivity index (χ1v) is 10.8. The summed E-state index contributed by atoms with van der Waals surface area (Å²) in [6.45, 7) is 4.41. The van der Waals surface area contributed by atoms with Gasteiger partial charge >= 0.3 is 0 Å². The topological polar surface area (TPSA) is 63.5 Å². The maximum absolute atomic E-state index is 13.7. The maximum Gasteiger partial charge on any atom is 0.261 e. The lowest BCUT2D eigenvalue weighted by Gasteiger charge is -2.29. The summed E-state index contributed by atoms with van der Waals surface area (Å²) in [7, 11) is 0. The Labute approximate surface area is 195 Å². The first-order chi connectivity index (χ1) is 15.3. The Bertz CT molecular complexity index is 1180. The minimum absolute atomic E-state index is 0.0788. The zero-order chi connectivity index (χ0) is 22.8. The van der Waals surface area contributed by atoms with Crippen molar-refractivity contribution in [2.75, 3.05) is 6.54 Å². The Balaban J connectivity index is 1.31. The summed E-state index contributed by atoms with van der Waals surface area (Å²) in [6, 6.07) is 11.5. The molecule has 0 bridgehead atoms. The lowest BCUT2D eigenvalue weighted by atomic mass is 9.98. The molecule has 1 aliphatic rings. The van der Waals surface area contributed by atoms with Crippen molar-refractivity contribution in [1.29, 1.82) is 0 Å². The maximum atomic E-state index is 13.7. The molecule has 0 aliphatic carbocycles. The van der Waals surface area contributed by atoms with Crippen molar-refractivity contribution >= 4 is 34.8 Å². The highest BCUT2D eigenvalue weighted by molar-refractivity contribution is 6.31. The van der Waals surface area contributed by atoms with Gasteiger partial charge in [0.15, 0.2) is 6.10 Å². The molecule has 1 aromatic heterocycles. The van der Waals surface area contributed by atoms with E-state index in [-0.39, 0.29) is 17.4 Å². The highest BCUT2D eigenvalue weighted by atomic mass is 35.5. The number of fused-ring (bicyclic) bond motifs is 1. The molecule has 2 atom stereocenters. The molecule has 8 heteroatoms. The summed E-state index contributed by atoms with van der Waals surface area (Å²) in [5.74, 6) is -0.322. The number of rotatable bonds is 6. The number of hydrogen-bond acceptors (Lipinski definition) is 3. The molecule has 4 rings (SSSR count). The quantitative estimate of drug-likeness (QED) is 0.498. The van der Waals surface area contributed by atoms with Gasteiger partial charge in [0.2, 0.25) is 0 Å². The van der Waals surface area contributed by atoms with Crippen LogP contribution in [0.1, 0.15) is 24.5 Å². The van der Waals surface area contributed by atoms with Gasteiger partial charge in [0.05, 0.1) is 11.1 Å². The highest BCUT2D eigenvalue weighted by Gasteiger charge is 2.31. The third-order valence-electron chi connectivity index (χ3n) is 5.35. The number of amides is 1. The van der Waals surface area contributed by atoms with Crippen molar-refractivity contribution in [2.45, 2.75) is 25.0 Å². The standard InChI is InChI=1S/C24H21Cl2FN2O3/c1-14(29-9-7-16(13-29)15-2-4-19(26)20(27)10-15)6-8-28-24(31)23-12-21(30)18-11-17(25)3-5-22(18)32-23/h2-5,7,9-11,13,21,23,30H,1,6,8,12H2,(H,28,31)/t21-,23-/m1/s1. The van der Waals surface area contributed by atoms with Gasteiger partial charge in [-0.2, -0.15) is 0 Å². The molecule has 5 nitrogen and oxygen atoms in total. The molecule has 0 saturated carbocycles. The number of carbonyl (C=O) groups is 1. The molecule has 1 aliphatic heterocycles. The average molecular weight is 475 g/mol. The molecular formula is C24H21Cl2FN2O3. The van der Waals surface area contributed by atoms with Crippen LogP contribution in [0.5, 0.6) is 5.75 Å². The summed E-state index contributed by atoms with van der Waals surface area (Å²) >= 11 is 11.7. The first kappa shape index (κ1) is 22.4. The Hall–Kier alpha value is -2.80. The number of hydrogen-bond donors (Lipinski definition) is 2. The van der Waals surface area contributed by atoms with E-state index < -0.39 is 18.0 Å². The smallest absolute Gasteiger partial charge is 0.261 e. The number of nitrogens with one attached hydrogen (secondary N) is 1. The second-order valence-electron chi connectivity index (χ2n) is 7.58. The van der Waals surface area contributed by atoms with Gasteiger partial charge in [-0.15, -0.1) is 0 Å². The number of aliphatic hydroxyl groups is 1. The fourth-order valence-electron chi connectivity index (χ4n) is 3.59. The van der Waals surface area contributed by atoms with Crippen molar-refractivity contribution in [1.82, 2.24) is 9.88 Å². The highest BCUT2D eigenvalue weighted by Crippen LogP contribution is 2.36. The van der Waals surface area contributed by atoms with E-state index in [2.05, 4.69) is 11.9 Å². The third-order valence-corrected chi connectivity index (χ3v) is 5.90. The van der Waals surface area contributed by atoms with Crippen LogP contribution in [0.4, 0.5) is 4.39 Å². The van der Waals surface area contributed by atoms with E-state index in [1.807, 2.05) is 23.0 Å². The largest absolute Gasteiger partial charge is 0.480 e. The molecule has 1 amide bonds. The molecule has 32 heavy (non-hydrogen) atoms. The number of carbonyl (C=O) groups excluding carboxylic acids is 1. The molecule has 0 saturated heterocycles. The second-order valence-corrected chi connectivity index (χ2v) is 8.43. The van der Waals surface area contributed by atoms with Crippen LogP contribution < -0.4 is 10.1 Å². The Morgan fingerprint density at radius 2 is 2.03 bits per heavy atom. The summed E-state index contributed by atoms with van der Waals surface area (Å²) in [5, 5.41) is 13.7. The van der Waals surface area contributed by atoms with Crippen molar-refractivity contribution in [2.24, 2.45) is 0 Å². The fraction of sp³-hybridized carbons (Fsp3) is 0.208. The fourth-order valence-corrected chi connectivity index (χ4v) is 3.89. The van der Waals surface area contributed by atoms with Crippen molar-refractivity contribution in [3.63, 3.8) is 0 Å². The molecule has 2 aromatic carbocycles. The number of benzene rings is 2. The van der Waals surface area contributed by atoms with Crippen molar-refractivity contribution < 1.29 is 19.0 Å². The Kier molecular flexibility index (Phi) is 6.55. The Morgan fingerprint density at radius 1 is 1.22 bits per heavy atom. The van der Waals surface area contributed by atoms with Crippen LogP contribution in [-0.4, -0.2) is 28.2 Å². The van der Waals surface area contributed by atoms with Gasteiger partial charge in [0, 0.05) is 48.1 Å². The minimum Gasteiger partial charge on any atom is -0.480 e. The summed E-state index contributed by atoms with van der Waals surface area (Å²) in [6.07, 6.45) is 2.71. The van der Waals surface area contributed by atoms with Gasteiger partial charge in [-0.3, -0.25) is 4.79 Å².